The number of nitrogens with zero attached hydrogens (tertiary/aromatic N) is 3. The summed E-state index contributed by atoms with van der Waals surface area (Å²) in [6.45, 7) is 4.59. The van der Waals surface area contributed by atoms with Crippen LogP contribution in [-0.4, -0.2) is 22.0 Å². The molecule has 0 unspecified atom stereocenters. The molecule has 5 rings (SSSR count). The number of para-hydroxylation sites is 2. The Morgan fingerprint density at radius 2 is 1.83 bits per heavy atom. The van der Waals surface area contributed by atoms with E-state index in [1.54, 1.807) is 18.2 Å². The monoisotopic (exact) mass is 416 g/mol. The third-order valence-electron chi connectivity index (χ3n) is 5.60. The van der Waals surface area contributed by atoms with Crippen LogP contribution in [0.3, 0.4) is 0 Å². The highest BCUT2D eigenvalue weighted by Gasteiger charge is 2.21. The van der Waals surface area contributed by atoms with Gasteiger partial charge in [0.1, 0.15) is 5.82 Å². The normalized spacial score (nSPS) is 13.3. The molecule has 2 heterocycles. The Bertz CT molecular complexity index is 1260. The minimum Gasteiger partial charge on any atom is -0.362 e. The Labute approximate surface area is 179 Å². The second-order valence-electron chi connectivity index (χ2n) is 7.52. The van der Waals surface area contributed by atoms with Crippen LogP contribution < -0.4 is 10.2 Å². The first-order chi connectivity index (χ1) is 14.6. The zero-order valence-electron chi connectivity index (χ0n) is 16.6. The fourth-order valence-electron chi connectivity index (χ4n) is 4.01. The fraction of sp³-hybridized carbons (Fsp3) is 0.167. The van der Waals surface area contributed by atoms with Gasteiger partial charge in [0.2, 0.25) is 0 Å². The van der Waals surface area contributed by atoms with Crippen molar-refractivity contribution in [3.05, 3.63) is 88.7 Å². The molecule has 5 nitrogen and oxygen atoms in total. The van der Waals surface area contributed by atoms with Crippen molar-refractivity contribution < 1.29 is 4.79 Å². The van der Waals surface area contributed by atoms with Crippen LogP contribution in [0, 0.1) is 6.92 Å². The first-order valence-electron chi connectivity index (χ1n) is 9.96. The lowest BCUT2D eigenvalue weighted by Crippen LogP contribution is -2.33. The Hall–Kier alpha value is -3.31. The van der Waals surface area contributed by atoms with Crippen LogP contribution in [-0.2, 0) is 13.1 Å². The number of amides is 1. The van der Waals surface area contributed by atoms with Crippen molar-refractivity contribution in [2.45, 2.75) is 20.0 Å². The van der Waals surface area contributed by atoms with Crippen molar-refractivity contribution in [2.24, 2.45) is 0 Å². The average molecular weight is 417 g/mol. The molecule has 150 valence electrons. The number of hydrogen-bond donors (Lipinski definition) is 1. The quantitative estimate of drug-likeness (QED) is 0.495. The van der Waals surface area contributed by atoms with Crippen molar-refractivity contribution in [3.63, 3.8) is 0 Å². The maximum Gasteiger partial charge on any atom is 0.257 e. The van der Waals surface area contributed by atoms with E-state index in [1.165, 1.54) is 5.52 Å². The molecule has 0 radical (unpaired) electrons. The van der Waals surface area contributed by atoms with Crippen molar-refractivity contribution >= 4 is 39.9 Å². The number of fused-ring (bicyclic) bond motifs is 3. The van der Waals surface area contributed by atoms with Crippen molar-refractivity contribution in [3.8, 4) is 0 Å². The number of hydrogen-bond acceptors (Lipinski definition) is 3. The summed E-state index contributed by atoms with van der Waals surface area (Å²) in [5.74, 6) is 0.874. The summed E-state index contributed by atoms with van der Waals surface area (Å²) in [5, 5.41) is 3.42. The third kappa shape index (κ3) is 3.31. The highest BCUT2D eigenvalue weighted by atomic mass is 35.5. The van der Waals surface area contributed by atoms with E-state index in [1.807, 2.05) is 31.2 Å². The lowest BCUT2D eigenvalue weighted by atomic mass is 10.1. The number of imidazole rings is 1. The van der Waals surface area contributed by atoms with E-state index in [0.29, 0.717) is 10.6 Å². The van der Waals surface area contributed by atoms with Gasteiger partial charge in [0.25, 0.3) is 5.91 Å². The molecule has 0 atom stereocenters. The van der Waals surface area contributed by atoms with Gasteiger partial charge >= 0.3 is 0 Å². The van der Waals surface area contributed by atoms with Crippen molar-refractivity contribution in [1.82, 2.24) is 9.55 Å². The molecule has 3 aromatic carbocycles. The van der Waals surface area contributed by atoms with E-state index in [9.17, 15) is 4.79 Å². The van der Waals surface area contributed by atoms with Crippen LogP contribution in [0.15, 0.2) is 66.7 Å². The number of rotatable bonds is 3. The lowest BCUT2D eigenvalue weighted by molar-refractivity contribution is 0.102. The highest BCUT2D eigenvalue weighted by Crippen LogP contribution is 2.28. The fourth-order valence-corrected chi connectivity index (χ4v) is 4.23. The molecule has 1 aromatic heterocycles. The van der Waals surface area contributed by atoms with E-state index in [4.69, 9.17) is 16.6 Å². The second kappa shape index (κ2) is 7.50. The molecule has 0 aliphatic carbocycles. The number of aromatic nitrogens is 2. The SMILES string of the molecule is Cc1cc(N2CCn3c(nc4ccccc43)C2)ccc1NC(=O)c1ccccc1Cl. The van der Waals surface area contributed by atoms with Gasteiger partial charge in [0.15, 0.2) is 0 Å². The van der Waals surface area contributed by atoms with Gasteiger partial charge in [-0.25, -0.2) is 4.98 Å². The second-order valence-corrected chi connectivity index (χ2v) is 7.93. The summed E-state index contributed by atoms with van der Waals surface area (Å²) >= 11 is 6.15. The number of carbonyl (C=O) groups excluding carboxylic acids is 1. The van der Waals surface area contributed by atoms with Gasteiger partial charge in [-0.3, -0.25) is 4.79 Å². The summed E-state index contributed by atoms with van der Waals surface area (Å²) in [5.41, 5.74) is 5.63. The molecule has 30 heavy (non-hydrogen) atoms. The molecule has 0 saturated carbocycles. The van der Waals surface area contributed by atoms with E-state index < -0.39 is 0 Å². The van der Waals surface area contributed by atoms with Gasteiger partial charge in [0, 0.05) is 24.5 Å². The average Bonchev–Trinajstić information content (AvgIpc) is 3.13. The molecule has 0 spiro atoms. The maximum atomic E-state index is 12.6. The smallest absolute Gasteiger partial charge is 0.257 e. The van der Waals surface area contributed by atoms with Gasteiger partial charge < -0.3 is 14.8 Å². The zero-order valence-corrected chi connectivity index (χ0v) is 17.4. The number of benzene rings is 3. The first-order valence-corrected chi connectivity index (χ1v) is 10.3. The molecular weight excluding hydrogens is 396 g/mol. The van der Waals surface area contributed by atoms with E-state index in [-0.39, 0.29) is 5.91 Å². The van der Waals surface area contributed by atoms with Crippen molar-refractivity contribution in [1.29, 1.82) is 0 Å². The van der Waals surface area contributed by atoms with Crippen LogP contribution in [0.4, 0.5) is 11.4 Å². The molecule has 1 aliphatic heterocycles. The summed E-state index contributed by atoms with van der Waals surface area (Å²) in [6.07, 6.45) is 0. The van der Waals surface area contributed by atoms with Gasteiger partial charge in [-0.1, -0.05) is 35.9 Å². The number of nitrogens with one attached hydrogen (secondary N) is 1. The lowest BCUT2D eigenvalue weighted by Gasteiger charge is -2.30. The Kier molecular flexibility index (Phi) is 4.68. The molecule has 0 bridgehead atoms. The molecule has 1 N–H and O–H groups in total. The first kappa shape index (κ1) is 18.7. The third-order valence-corrected chi connectivity index (χ3v) is 5.93. The molecule has 0 fully saturated rings. The van der Waals surface area contributed by atoms with E-state index in [0.717, 1.165) is 47.9 Å². The Balaban J connectivity index is 1.36. The number of aryl methyl sites for hydroxylation is 1. The van der Waals surface area contributed by atoms with Crippen molar-refractivity contribution in [2.75, 3.05) is 16.8 Å². The largest absolute Gasteiger partial charge is 0.362 e. The molecule has 6 heteroatoms. The maximum absolute atomic E-state index is 12.6. The Morgan fingerprint density at radius 3 is 2.67 bits per heavy atom. The summed E-state index contributed by atoms with van der Waals surface area (Å²) in [4.78, 5) is 19.7. The van der Waals surface area contributed by atoms with Crippen LogP contribution in [0.1, 0.15) is 21.7 Å². The zero-order chi connectivity index (χ0) is 20.7. The minimum atomic E-state index is -0.205. The number of carbonyl (C=O) groups is 1. The van der Waals surface area contributed by atoms with Gasteiger partial charge in [-0.05, 0) is 55.0 Å². The van der Waals surface area contributed by atoms with Gasteiger partial charge in [-0.15, -0.1) is 0 Å². The number of halogens is 1. The molecule has 4 aromatic rings. The molecule has 0 saturated heterocycles. The van der Waals surface area contributed by atoms with E-state index in [2.05, 4.69) is 39.0 Å². The van der Waals surface area contributed by atoms with Crippen LogP contribution in [0.5, 0.6) is 0 Å². The summed E-state index contributed by atoms with van der Waals surface area (Å²) in [7, 11) is 0. The highest BCUT2D eigenvalue weighted by molar-refractivity contribution is 6.34. The van der Waals surface area contributed by atoms with Crippen LogP contribution in [0.25, 0.3) is 11.0 Å². The predicted molar refractivity (Wildman–Crippen MR) is 121 cm³/mol. The predicted octanol–water partition coefficient (Wildman–Crippen LogP) is 5.27. The van der Waals surface area contributed by atoms with E-state index >= 15 is 0 Å². The standard InChI is InChI=1S/C24H21ClN4O/c1-16-14-17(10-11-20(16)27-24(30)18-6-2-3-7-19(18)25)28-12-13-29-22-9-5-4-8-21(22)26-23(29)15-28/h2-11,14H,12-13,15H2,1H3,(H,27,30). The van der Waals surface area contributed by atoms with Gasteiger partial charge in [0.05, 0.1) is 28.2 Å². The molecule has 1 aliphatic rings. The van der Waals surface area contributed by atoms with Crippen LogP contribution in [0.2, 0.25) is 5.02 Å². The Morgan fingerprint density at radius 1 is 1.03 bits per heavy atom. The minimum absolute atomic E-state index is 0.205. The van der Waals surface area contributed by atoms with Gasteiger partial charge in [-0.2, -0.15) is 0 Å². The topological polar surface area (TPSA) is 50.2 Å². The summed E-state index contributed by atoms with van der Waals surface area (Å²) in [6, 6.07) is 21.4. The number of anilines is 2. The van der Waals surface area contributed by atoms with Crippen LogP contribution >= 0.6 is 11.6 Å². The molecule has 1 amide bonds. The summed E-state index contributed by atoms with van der Waals surface area (Å²) < 4.78 is 2.30. The molecular formula is C24H21ClN4O.